The van der Waals surface area contributed by atoms with Crippen molar-refractivity contribution in [3.8, 4) is 0 Å². The molecule has 0 aliphatic rings. The second-order valence-corrected chi connectivity index (χ2v) is 2.51. The minimum Gasteiger partial charge on any atom is -0.812 e. The van der Waals surface area contributed by atoms with Gasteiger partial charge >= 0.3 is 0 Å². The molecule has 0 aromatic heterocycles. The Hall–Kier alpha value is 2.23. The Morgan fingerprint density at radius 2 is 1.21 bits per heavy atom. The van der Waals surface area contributed by atoms with Gasteiger partial charge in [0, 0.05) is 69.9 Å². The third-order valence-electron chi connectivity index (χ3n) is 0.707. The van der Waals surface area contributed by atoms with E-state index in [-0.39, 0.29) is 47.6 Å². The summed E-state index contributed by atoms with van der Waals surface area (Å²) in [4.78, 5) is 0. The van der Waals surface area contributed by atoms with Crippen molar-refractivity contribution in [1.29, 1.82) is 0 Å². The Morgan fingerprint density at radius 1 is 1.14 bits per heavy atom. The van der Waals surface area contributed by atoms with Crippen LogP contribution in [0.3, 0.4) is 0 Å². The Bertz CT molecular complexity index is 74.5. The van der Waals surface area contributed by atoms with Gasteiger partial charge in [0.05, 0.1) is 0 Å². The Balaban J connectivity index is -0.0000000166. The third-order valence-corrected chi connectivity index (χ3v) is 0.707. The smallest absolute Gasteiger partial charge is 0 e. The summed E-state index contributed by atoms with van der Waals surface area (Å²) in [5, 5.41) is 7.97. The van der Waals surface area contributed by atoms with Gasteiger partial charge in [0.1, 0.15) is 0 Å². The van der Waals surface area contributed by atoms with Gasteiger partial charge < -0.3 is 11.3 Å². The van der Waals surface area contributed by atoms with E-state index < -0.39 is 0 Å². The van der Waals surface area contributed by atoms with Gasteiger partial charge in [-0.2, -0.15) is 20.3 Å². The zero-order valence-corrected chi connectivity index (χ0v) is 15.6. The SMILES string of the molecule is C.C.CC(C)=[N-].CC[C-](C)C.II.[Y]. The molecule has 0 bridgehead atoms. The molecular formula is C10H25I2NY-2. The molecule has 0 amide bonds. The molecule has 0 saturated heterocycles. The van der Waals surface area contributed by atoms with Gasteiger partial charge in [0.15, 0.2) is 0 Å². The van der Waals surface area contributed by atoms with Crippen LogP contribution in [-0.2, 0) is 32.7 Å². The molecule has 0 atom stereocenters. The van der Waals surface area contributed by atoms with Crippen LogP contribution in [0.5, 0.6) is 0 Å². The standard InChI is InChI=1S/C5H11.C3H6N.2CH4.I2.Y/c1-4-5(2)3;1-3(2)4;;;1-2;/h4H2,1-3H3;1-2H3;2*1H4;;/q2*-1;;;;. The Kier molecular flexibility index (Phi) is 93.0. The average Bonchev–Trinajstić information content (AvgIpc) is 1.91. The minimum atomic E-state index is 0. The van der Waals surface area contributed by atoms with Gasteiger partial charge in [0.25, 0.3) is 0 Å². The summed E-state index contributed by atoms with van der Waals surface area (Å²) < 4.78 is 0. The van der Waals surface area contributed by atoms with Crippen LogP contribution >= 0.6 is 37.2 Å². The first-order valence-corrected chi connectivity index (χ1v) is 9.71. The van der Waals surface area contributed by atoms with Crippen LogP contribution in [0, 0.1) is 5.92 Å². The van der Waals surface area contributed by atoms with Crippen LogP contribution in [-0.4, -0.2) is 5.71 Å². The van der Waals surface area contributed by atoms with Crippen molar-refractivity contribution >= 4 is 42.9 Å². The monoisotopic (exact) mass is 502 g/mol. The van der Waals surface area contributed by atoms with E-state index in [0.717, 1.165) is 0 Å². The van der Waals surface area contributed by atoms with Crippen molar-refractivity contribution in [3.05, 3.63) is 11.3 Å². The number of hydrogen-bond acceptors (Lipinski definition) is 0. The van der Waals surface area contributed by atoms with Crippen LogP contribution in [0.2, 0.25) is 0 Å². The van der Waals surface area contributed by atoms with E-state index in [9.17, 15) is 0 Å². The number of halogens is 2. The number of hydrogen-bond donors (Lipinski definition) is 0. The van der Waals surface area contributed by atoms with Crippen LogP contribution in [0.4, 0.5) is 0 Å². The molecule has 0 spiro atoms. The van der Waals surface area contributed by atoms with E-state index in [1.165, 1.54) is 12.3 Å². The van der Waals surface area contributed by atoms with E-state index in [4.69, 9.17) is 5.41 Å². The van der Waals surface area contributed by atoms with Crippen molar-refractivity contribution in [1.82, 2.24) is 0 Å². The molecule has 0 saturated carbocycles. The van der Waals surface area contributed by atoms with Crippen molar-refractivity contribution in [2.45, 2.75) is 55.9 Å². The first kappa shape index (κ1) is 36.0. The van der Waals surface area contributed by atoms with Gasteiger partial charge in [-0.05, 0) is 0 Å². The molecule has 1 nitrogen and oxygen atoms in total. The van der Waals surface area contributed by atoms with Gasteiger partial charge in [-0.1, -0.05) is 35.6 Å². The van der Waals surface area contributed by atoms with Gasteiger partial charge in [-0.3, -0.25) is 0 Å². The molecule has 1 radical (unpaired) electrons. The molecule has 0 rings (SSSR count). The predicted octanol–water partition coefficient (Wildman–Crippen LogP) is 6.09. The summed E-state index contributed by atoms with van der Waals surface area (Å²) >= 11 is 4.24. The van der Waals surface area contributed by atoms with Crippen LogP contribution in [0.15, 0.2) is 0 Å². The zero-order valence-electron chi connectivity index (χ0n) is 8.49. The fourth-order valence-corrected chi connectivity index (χ4v) is 0. The predicted molar refractivity (Wildman–Crippen MR) is 86.1 cm³/mol. The Labute approximate surface area is 141 Å². The maximum Gasteiger partial charge on any atom is 0 e. The van der Waals surface area contributed by atoms with Crippen molar-refractivity contribution in [2.75, 3.05) is 0 Å². The van der Waals surface area contributed by atoms with Crippen molar-refractivity contribution in [3.63, 3.8) is 0 Å². The Morgan fingerprint density at radius 3 is 1.21 bits per heavy atom. The minimum absolute atomic E-state index is 0. The van der Waals surface area contributed by atoms with Crippen LogP contribution in [0.25, 0.3) is 5.41 Å². The largest absolute Gasteiger partial charge is 0.812 e. The summed E-state index contributed by atoms with van der Waals surface area (Å²) in [7, 11) is 0. The van der Waals surface area contributed by atoms with Crippen molar-refractivity contribution in [2.24, 2.45) is 0 Å². The summed E-state index contributed by atoms with van der Waals surface area (Å²) in [6, 6.07) is 0. The van der Waals surface area contributed by atoms with E-state index in [1.54, 1.807) is 13.8 Å². The molecule has 89 valence electrons. The second-order valence-electron chi connectivity index (χ2n) is 2.51. The van der Waals surface area contributed by atoms with Crippen LogP contribution < -0.4 is 0 Å². The van der Waals surface area contributed by atoms with Crippen molar-refractivity contribution < 1.29 is 32.7 Å². The fraction of sp³-hybridized carbons (Fsp3) is 0.800. The number of nitrogens with zero attached hydrogens (tertiary/aromatic N) is 1. The maximum absolute atomic E-state index is 7.97. The van der Waals surface area contributed by atoms with Gasteiger partial charge in [-0.25, -0.2) is 5.71 Å². The zero-order chi connectivity index (χ0) is 9.86. The van der Waals surface area contributed by atoms with E-state index >= 15 is 0 Å². The average molecular weight is 502 g/mol. The van der Waals surface area contributed by atoms with Gasteiger partial charge in [-0.15, -0.1) is 0 Å². The van der Waals surface area contributed by atoms with E-state index in [2.05, 4.69) is 58.0 Å². The molecular weight excluding hydrogens is 477 g/mol. The molecule has 0 aliphatic heterocycles. The fourth-order valence-electron chi connectivity index (χ4n) is 0. The topological polar surface area (TPSA) is 22.3 Å². The second kappa shape index (κ2) is 36.2. The molecule has 4 heteroatoms. The molecule has 14 heavy (non-hydrogen) atoms. The molecule has 0 aliphatic carbocycles. The first-order valence-electron chi connectivity index (χ1n) is 3.43. The summed E-state index contributed by atoms with van der Waals surface area (Å²) in [5.74, 6) is 1.50. The molecule has 0 N–H and O–H groups in total. The van der Waals surface area contributed by atoms with E-state index in [0.29, 0.717) is 5.71 Å². The first-order chi connectivity index (χ1) is 5.00. The number of rotatable bonds is 1. The summed E-state index contributed by atoms with van der Waals surface area (Å²) in [6.07, 6.45) is 1.22. The molecule has 0 aromatic carbocycles. The van der Waals surface area contributed by atoms with Crippen LogP contribution in [0.1, 0.15) is 55.9 Å². The molecule has 0 fully saturated rings. The molecule has 0 aromatic rings. The molecule has 0 heterocycles. The summed E-state index contributed by atoms with van der Waals surface area (Å²) in [5.41, 5.74) is 0.417. The normalized spacial score (nSPS) is 5.71. The van der Waals surface area contributed by atoms with E-state index in [1.807, 2.05) is 0 Å². The quantitative estimate of drug-likeness (QED) is 0.236. The molecule has 0 unspecified atom stereocenters. The third kappa shape index (κ3) is 139. The summed E-state index contributed by atoms with van der Waals surface area (Å²) in [6.45, 7) is 9.72. The van der Waals surface area contributed by atoms with Gasteiger partial charge in [0.2, 0.25) is 0 Å². The maximum atomic E-state index is 7.97.